The lowest BCUT2D eigenvalue weighted by Crippen LogP contribution is -2.24. The molecule has 0 radical (unpaired) electrons. The van der Waals surface area contributed by atoms with Crippen molar-refractivity contribution in [2.24, 2.45) is 0 Å². The topological polar surface area (TPSA) is 59.6 Å². The van der Waals surface area contributed by atoms with Crippen LogP contribution < -0.4 is 20.1 Å². The van der Waals surface area contributed by atoms with Gasteiger partial charge in [-0.2, -0.15) is 13.2 Å². The van der Waals surface area contributed by atoms with Gasteiger partial charge < -0.3 is 20.1 Å². The summed E-state index contributed by atoms with van der Waals surface area (Å²) >= 11 is 0. The third kappa shape index (κ3) is 7.17. The van der Waals surface area contributed by atoms with Crippen molar-refractivity contribution in [3.8, 4) is 11.5 Å². The Labute approximate surface area is 190 Å². The fraction of sp³-hybridized carbons (Fsp3) is 0.240. The van der Waals surface area contributed by atoms with Crippen LogP contribution in [0.4, 0.5) is 18.9 Å². The minimum atomic E-state index is -4.41. The maximum Gasteiger partial charge on any atom is 0.416 e. The molecule has 0 saturated carbocycles. The maximum atomic E-state index is 12.8. The Hall–Kier alpha value is -3.68. The molecule has 33 heavy (non-hydrogen) atoms. The lowest BCUT2D eigenvalue weighted by atomic mass is 10.1. The van der Waals surface area contributed by atoms with Crippen molar-refractivity contribution < 1.29 is 27.4 Å². The van der Waals surface area contributed by atoms with Crippen LogP contribution in [-0.4, -0.2) is 20.1 Å². The molecule has 0 bridgehead atoms. The van der Waals surface area contributed by atoms with Gasteiger partial charge in [-0.15, -0.1) is 0 Å². The van der Waals surface area contributed by atoms with Gasteiger partial charge in [0.25, 0.3) is 0 Å². The van der Waals surface area contributed by atoms with Crippen LogP contribution in [0, 0.1) is 0 Å². The molecule has 3 rings (SSSR count). The quantitative estimate of drug-likeness (QED) is 0.463. The third-order valence-electron chi connectivity index (χ3n) is 4.97. The van der Waals surface area contributed by atoms with Gasteiger partial charge >= 0.3 is 6.18 Å². The number of halogens is 3. The van der Waals surface area contributed by atoms with E-state index < -0.39 is 11.7 Å². The van der Waals surface area contributed by atoms with E-state index in [1.165, 1.54) is 6.07 Å². The summed E-state index contributed by atoms with van der Waals surface area (Å²) in [5.74, 6) is 1.15. The molecule has 1 amide bonds. The van der Waals surface area contributed by atoms with E-state index >= 15 is 0 Å². The molecule has 0 atom stereocenters. The predicted molar refractivity (Wildman–Crippen MR) is 120 cm³/mol. The van der Waals surface area contributed by atoms with Crippen molar-refractivity contribution in [2.75, 3.05) is 19.5 Å². The van der Waals surface area contributed by atoms with Crippen LogP contribution in [0.25, 0.3) is 0 Å². The van der Waals surface area contributed by atoms with E-state index in [0.717, 1.165) is 28.9 Å². The number of anilines is 1. The van der Waals surface area contributed by atoms with Gasteiger partial charge in [0.05, 0.1) is 26.2 Å². The molecule has 0 aliphatic carbocycles. The van der Waals surface area contributed by atoms with Gasteiger partial charge in [0, 0.05) is 24.8 Å². The standard InChI is InChI=1S/C25H25F3N2O3/c1-32-22-11-19(12-23(14-22)33-2)16-29-21-8-6-17(7-9-21)13-24(31)30-15-18-4-3-5-20(10-18)25(26,27)28/h3-12,14,29H,13,15-16H2,1-2H3,(H,30,31). The average molecular weight is 458 g/mol. The lowest BCUT2D eigenvalue weighted by Gasteiger charge is -2.11. The molecule has 5 nitrogen and oxygen atoms in total. The molecule has 2 N–H and O–H groups in total. The maximum absolute atomic E-state index is 12.8. The van der Waals surface area contributed by atoms with Crippen LogP contribution in [0.15, 0.2) is 66.7 Å². The van der Waals surface area contributed by atoms with Crippen molar-refractivity contribution in [2.45, 2.75) is 25.7 Å². The molecule has 0 saturated heterocycles. The molecule has 3 aromatic carbocycles. The first-order chi connectivity index (χ1) is 15.8. The first kappa shape index (κ1) is 24.0. The fourth-order valence-electron chi connectivity index (χ4n) is 3.22. The van der Waals surface area contributed by atoms with Gasteiger partial charge in [-0.05, 0) is 53.1 Å². The van der Waals surface area contributed by atoms with Gasteiger partial charge in [0.2, 0.25) is 5.91 Å². The van der Waals surface area contributed by atoms with E-state index in [1.54, 1.807) is 26.4 Å². The van der Waals surface area contributed by atoms with Gasteiger partial charge in [-0.1, -0.05) is 24.3 Å². The van der Waals surface area contributed by atoms with Crippen LogP contribution in [-0.2, 0) is 30.5 Å². The molecule has 0 fully saturated rings. The summed E-state index contributed by atoms with van der Waals surface area (Å²) in [6, 6.07) is 18.0. The summed E-state index contributed by atoms with van der Waals surface area (Å²) in [5.41, 5.74) is 2.33. The predicted octanol–water partition coefficient (Wildman–Crippen LogP) is 5.19. The number of alkyl halides is 3. The number of benzene rings is 3. The Balaban J connectivity index is 1.51. The van der Waals surface area contributed by atoms with Gasteiger partial charge in [-0.25, -0.2) is 0 Å². The molecular weight excluding hydrogens is 433 g/mol. The minimum Gasteiger partial charge on any atom is -0.497 e. The van der Waals surface area contributed by atoms with E-state index in [1.807, 2.05) is 36.4 Å². The van der Waals surface area contributed by atoms with Crippen LogP contribution >= 0.6 is 0 Å². The summed E-state index contributed by atoms with van der Waals surface area (Å²) in [6.07, 6.45) is -4.28. The van der Waals surface area contributed by atoms with E-state index in [2.05, 4.69) is 10.6 Å². The van der Waals surface area contributed by atoms with Crippen LogP contribution in [0.2, 0.25) is 0 Å². The van der Waals surface area contributed by atoms with Crippen molar-refractivity contribution in [1.29, 1.82) is 0 Å². The highest BCUT2D eigenvalue weighted by molar-refractivity contribution is 5.78. The van der Waals surface area contributed by atoms with E-state index in [0.29, 0.717) is 23.6 Å². The molecule has 0 spiro atoms. The molecular formula is C25H25F3N2O3. The van der Waals surface area contributed by atoms with Crippen LogP contribution in [0.3, 0.4) is 0 Å². The SMILES string of the molecule is COc1cc(CNc2ccc(CC(=O)NCc3cccc(C(F)(F)F)c3)cc2)cc(OC)c1. The summed E-state index contributed by atoms with van der Waals surface area (Å²) in [7, 11) is 3.20. The van der Waals surface area contributed by atoms with E-state index in [4.69, 9.17) is 9.47 Å². The number of nitrogens with one attached hydrogen (secondary N) is 2. The molecule has 0 unspecified atom stereocenters. The highest BCUT2D eigenvalue weighted by Crippen LogP contribution is 2.29. The Morgan fingerprint density at radius 1 is 0.818 bits per heavy atom. The number of hydrogen-bond acceptors (Lipinski definition) is 4. The van der Waals surface area contributed by atoms with E-state index in [-0.39, 0.29) is 18.9 Å². The number of amides is 1. The van der Waals surface area contributed by atoms with Gasteiger partial charge in [0.15, 0.2) is 0 Å². The molecule has 0 aromatic heterocycles. The smallest absolute Gasteiger partial charge is 0.416 e. The fourth-order valence-corrected chi connectivity index (χ4v) is 3.22. The lowest BCUT2D eigenvalue weighted by molar-refractivity contribution is -0.137. The normalized spacial score (nSPS) is 11.1. The van der Waals surface area contributed by atoms with Crippen molar-refractivity contribution in [1.82, 2.24) is 5.32 Å². The minimum absolute atomic E-state index is 0.0341. The second kappa shape index (κ2) is 10.8. The molecule has 174 valence electrons. The number of rotatable bonds is 9. The molecule has 3 aromatic rings. The number of methoxy groups -OCH3 is 2. The summed E-state index contributed by atoms with van der Waals surface area (Å²) in [5, 5.41) is 5.97. The highest BCUT2D eigenvalue weighted by Gasteiger charge is 2.30. The number of carbonyl (C=O) groups excluding carboxylic acids is 1. The number of ether oxygens (including phenoxy) is 2. The second-order valence-electron chi connectivity index (χ2n) is 7.42. The van der Waals surface area contributed by atoms with Crippen molar-refractivity contribution >= 4 is 11.6 Å². The summed E-state index contributed by atoms with van der Waals surface area (Å²) < 4.78 is 49.0. The Morgan fingerprint density at radius 3 is 2.09 bits per heavy atom. The molecule has 8 heteroatoms. The monoisotopic (exact) mass is 458 g/mol. The summed E-state index contributed by atoms with van der Waals surface area (Å²) in [4.78, 5) is 12.2. The largest absolute Gasteiger partial charge is 0.497 e. The Kier molecular flexibility index (Phi) is 7.82. The zero-order valence-electron chi connectivity index (χ0n) is 18.3. The van der Waals surface area contributed by atoms with Gasteiger partial charge in [-0.3, -0.25) is 4.79 Å². The first-order valence-corrected chi connectivity index (χ1v) is 10.2. The Morgan fingerprint density at radius 2 is 1.48 bits per heavy atom. The molecule has 0 aliphatic rings. The molecule has 0 aliphatic heterocycles. The van der Waals surface area contributed by atoms with Crippen LogP contribution in [0.1, 0.15) is 22.3 Å². The number of carbonyl (C=O) groups is 1. The zero-order chi connectivity index (χ0) is 23.8. The van der Waals surface area contributed by atoms with Crippen molar-refractivity contribution in [3.63, 3.8) is 0 Å². The van der Waals surface area contributed by atoms with Gasteiger partial charge in [0.1, 0.15) is 11.5 Å². The Bertz CT molecular complexity index is 1060. The molecule has 0 heterocycles. The third-order valence-corrected chi connectivity index (χ3v) is 4.97. The van der Waals surface area contributed by atoms with Crippen LogP contribution in [0.5, 0.6) is 11.5 Å². The highest BCUT2D eigenvalue weighted by atomic mass is 19.4. The van der Waals surface area contributed by atoms with Crippen molar-refractivity contribution in [3.05, 3.63) is 89.0 Å². The second-order valence-corrected chi connectivity index (χ2v) is 7.42. The first-order valence-electron chi connectivity index (χ1n) is 10.2. The summed E-state index contributed by atoms with van der Waals surface area (Å²) in [6.45, 7) is 0.594. The number of hydrogen-bond donors (Lipinski definition) is 2. The zero-order valence-corrected chi connectivity index (χ0v) is 18.3. The average Bonchev–Trinajstić information content (AvgIpc) is 2.81. The van der Waals surface area contributed by atoms with E-state index in [9.17, 15) is 18.0 Å².